The molecule has 2 aromatic heterocycles. The SMILES string of the molecule is CCCC(=O)NCC1(O)CN(c2cc(C)c3c(n2)N(c2nccs2)C=C(C(=O)O)C3O)C1. The summed E-state index contributed by atoms with van der Waals surface area (Å²) < 4.78 is 0. The van der Waals surface area contributed by atoms with E-state index in [9.17, 15) is 24.9 Å². The van der Waals surface area contributed by atoms with Crippen molar-refractivity contribution in [2.24, 2.45) is 0 Å². The second-order valence-corrected chi connectivity index (χ2v) is 8.99. The van der Waals surface area contributed by atoms with Crippen LogP contribution in [0.15, 0.2) is 29.4 Å². The van der Waals surface area contributed by atoms with Gasteiger partial charge in [0.2, 0.25) is 5.91 Å². The number of carboxylic acid groups (broad SMARTS) is 1. The number of pyridine rings is 1. The molecule has 1 fully saturated rings. The first-order chi connectivity index (χ1) is 15.2. The summed E-state index contributed by atoms with van der Waals surface area (Å²) in [4.78, 5) is 35.8. The zero-order chi connectivity index (χ0) is 23.0. The molecule has 10 nitrogen and oxygen atoms in total. The Hall–Kier alpha value is -3.02. The van der Waals surface area contributed by atoms with Gasteiger partial charge in [-0.15, -0.1) is 11.3 Å². The number of nitrogens with one attached hydrogen (secondary N) is 1. The predicted molar refractivity (Wildman–Crippen MR) is 119 cm³/mol. The predicted octanol–water partition coefficient (Wildman–Crippen LogP) is 1.47. The van der Waals surface area contributed by atoms with E-state index in [1.165, 1.54) is 17.5 Å². The van der Waals surface area contributed by atoms with Crippen LogP contribution in [0.2, 0.25) is 0 Å². The number of hydrogen-bond donors (Lipinski definition) is 4. The Morgan fingerprint density at radius 2 is 2.12 bits per heavy atom. The molecule has 0 saturated carbocycles. The van der Waals surface area contributed by atoms with E-state index >= 15 is 0 Å². The number of aliphatic carboxylic acids is 1. The molecule has 1 atom stereocenters. The van der Waals surface area contributed by atoms with Crippen LogP contribution >= 0.6 is 11.3 Å². The van der Waals surface area contributed by atoms with Gasteiger partial charge in [0, 0.05) is 36.3 Å². The lowest BCUT2D eigenvalue weighted by atomic mass is 9.92. The molecule has 0 radical (unpaired) electrons. The molecule has 1 amide bonds. The molecule has 1 saturated heterocycles. The Morgan fingerprint density at radius 3 is 2.75 bits per heavy atom. The summed E-state index contributed by atoms with van der Waals surface area (Å²) in [6, 6.07) is 1.77. The molecule has 2 aliphatic rings. The average Bonchev–Trinajstić information content (AvgIpc) is 3.24. The van der Waals surface area contributed by atoms with Gasteiger partial charge in [0.25, 0.3) is 0 Å². The summed E-state index contributed by atoms with van der Waals surface area (Å²) in [6.45, 7) is 4.46. The van der Waals surface area contributed by atoms with Crippen molar-refractivity contribution in [3.05, 3.63) is 40.5 Å². The maximum Gasteiger partial charge on any atom is 0.336 e. The Labute approximate surface area is 188 Å². The summed E-state index contributed by atoms with van der Waals surface area (Å²) in [5, 5.41) is 36.0. The minimum absolute atomic E-state index is 0.0868. The fraction of sp³-hybridized carbons (Fsp3) is 0.429. The lowest BCUT2D eigenvalue weighted by Crippen LogP contribution is -2.66. The summed E-state index contributed by atoms with van der Waals surface area (Å²) in [5.74, 6) is -0.312. The molecule has 4 N–H and O–H groups in total. The zero-order valence-corrected chi connectivity index (χ0v) is 18.6. The van der Waals surface area contributed by atoms with Gasteiger partial charge in [-0.1, -0.05) is 6.92 Å². The van der Waals surface area contributed by atoms with Crippen LogP contribution in [0.5, 0.6) is 0 Å². The van der Waals surface area contributed by atoms with Crippen molar-refractivity contribution in [1.82, 2.24) is 15.3 Å². The second-order valence-electron chi connectivity index (χ2n) is 8.12. The fourth-order valence-electron chi connectivity index (χ4n) is 3.93. The maximum atomic E-state index is 11.7. The number of hydrogen-bond acceptors (Lipinski definition) is 9. The molecule has 170 valence electrons. The number of anilines is 3. The number of carbonyl (C=O) groups excluding carboxylic acids is 1. The molecule has 0 aromatic carbocycles. The average molecular weight is 460 g/mol. The van der Waals surface area contributed by atoms with Gasteiger partial charge in [0.1, 0.15) is 23.3 Å². The van der Waals surface area contributed by atoms with Crippen molar-refractivity contribution in [2.75, 3.05) is 29.4 Å². The van der Waals surface area contributed by atoms with Crippen molar-refractivity contribution >= 4 is 40.0 Å². The third-order valence-corrected chi connectivity index (χ3v) is 6.33. The molecule has 4 rings (SSSR count). The molecule has 2 aliphatic heterocycles. The van der Waals surface area contributed by atoms with Crippen LogP contribution in [0.4, 0.5) is 16.8 Å². The highest BCUT2D eigenvalue weighted by Crippen LogP contribution is 2.43. The van der Waals surface area contributed by atoms with Crippen molar-refractivity contribution in [3.63, 3.8) is 0 Å². The molecular formula is C21H25N5O5S. The molecular weight excluding hydrogens is 434 g/mol. The van der Waals surface area contributed by atoms with Crippen molar-refractivity contribution in [3.8, 4) is 0 Å². The van der Waals surface area contributed by atoms with Crippen molar-refractivity contribution in [2.45, 2.75) is 38.4 Å². The number of aliphatic hydroxyl groups is 2. The number of β-amino-alcohol motifs (C(OH)–C–C–N with tert-alkyl or cyclic N) is 1. The Morgan fingerprint density at radius 1 is 1.38 bits per heavy atom. The number of carboxylic acids is 1. The largest absolute Gasteiger partial charge is 0.478 e. The molecule has 11 heteroatoms. The van der Waals surface area contributed by atoms with Crippen LogP contribution in [-0.2, 0) is 9.59 Å². The van der Waals surface area contributed by atoms with Gasteiger partial charge >= 0.3 is 5.97 Å². The first kappa shape index (κ1) is 22.2. The van der Waals surface area contributed by atoms with E-state index in [0.717, 1.165) is 6.42 Å². The molecule has 2 aromatic rings. The quantitative estimate of drug-likeness (QED) is 0.485. The lowest BCUT2D eigenvalue weighted by molar-refractivity contribution is -0.133. The van der Waals surface area contributed by atoms with E-state index in [1.807, 2.05) is 11.8 Å². The molecule has 0 aliphatic carbocycles. The third kappa shape index (κ3) is 4.06. The van der Waals surface area contributed by atoms with E-state index in [1.54, 1.807) is 29.5 Å². The van der Waals surface area contributed by atoms with Gasteiger partial charge in [-0.2, -0.15) is 0 Å². The highest BCUT2D eigenvalue weighted by molar-refractivity contribution is 7.13. The molecule has 0 bridgehead atoms. The number of rotatable bonds is 7. The number of thiazole rings is 1. The van der Waals surface area contributed by atoms with Crippen molar-refractivity contribution in [1.29, 1.82) is 0 Å². The first-order valence-corrected chi connectivity index (χ1v) is 11.2. The molecule has 1 unspecified atom stereocenters. The number of nitrogens with zero attached hydrogens (tertiary/aromatic N) is 4. The minimum Gasteiger partial charge on any atom is -0.478 e. The van der Waals surface area contributed by atoms with Crippen LogP contribution < -0.4 is 15.1 Å². The number of carbonyl (C=O) groups is 2. The summed E-state index contributed by atoms with van der Waals surface area (Å²) in [6.07, 6.45) is 2.81. The number of aliphatic hydroxyl groups excluding tert-OH is 1. The number of aromatic nitrogens is 2. The molecule has 4 heterocycles. The maximum absolute atomic E-state index is 11.7. The smallest absolute Gasteiger partial charge is 0.336 e. The summed E-state index contributed by atoms with van der Waals surface area (Å²) >= 11 is 1.32. The standard InChI is InChI=1S/C21H25N5O5S/c1-3-4-15(27)23-9-21(31)10-25(11-21)14-7-12(2)16-17(28)13(19(29)30)8-26(18(16)24-14)20-22-5-6-32-20/h5-8,17,28,31H,3-4,9-11H2,1-2H3,(H,23,27)(H,29,30). The Balaban J connectivity index is 1.60. The number of aryl methyl sites for hydroxylation is 1. The van der Waals surface area contributed by atoms with Gasteiger partial charge in [0.15, 0.2) is 5.13 Å². The zero-order valence-electron chi connectivity index (χ0n) is 17.8. The van der Waals surface area contributed by atoms with Gasteiger partial charge in [-0.25, -0.2) is 14.8 Å². The normalized spacial score (nSPS) is 19.1. The Bertz CT molecular complexity index is 1060. The number of fused-ring (bicyclic) bond motifs is 1. The first-order valence-electron chi connectivity index (χ1n) is 10.3. The molecule has 32 heavy (non-hydrogen) atoms. The van der Waals surface area contributed by atoms with Crippen LogP contribution in [0.3, 0.4) is 0 Å². The highest BCUT2D eigenvalue weighted by Gasteiger charge is 2.43. The Kier molecular flexibility index (Phi) is 5.89. The van der Waals surface area contributed by atoms with E-state index in [4.69, 9.17) is 4.98 Å². The fourth-order valence-corrected chi connectivity index (χ4v) is 4.55. The van der Waals surface area contributed by atoms with Crippen LogP contribution in [0.25, 0.3) is 0 Å². The second kappa shape index (κ2) is 8.49. The van der Waals surface area contributed by atoms with Gasteiger partial charge in [0.05, 0.1) is 18.7 Å². The van der Waals surface area contributed by atoms with Gasteiger partial charge in [-0.3, -0.25) is 9.69 Å². The topological polar surface area (TPSA) is 139 Å². The van der Waals surface area contributed by atoms with E-state index in [0.29, 0.717) is 47.4 Å². The third-order valence-electron chi connectivity index (χ3n) is 5.55. The van der Waals surface area contributed by atoms with Crippen molar-refractivity contribution < 1.29 is 24.9 Å². The summed E-state index contributed by atoms with van der Waals surface area (Å²) in [7, 11) is 0. The van der Waals surface area contributed by atoms with E-state index in [2.05, 4.69) is 10.3 Å². The van der Waals surface area contributed by atoms with Gasteiger partial charge < -0.3 is 25.5 Å². The van der Waals surface area contributed by atoms with Crippen LogP contribution in [0, 0.1) is 6.92 Å². The lowest BCUT2D eigenvalue weighted by Gasteiger charge is -2.47. The molecule has 0 spiro atoms. The minimum atomic E-state index is -1.32. The van der Waals surface area contributed by atoms with E-state index < -0.39 is 17.7 Å². The van der Waals surface area contributed by atoms with Crippen LogP contribution in [0.1, 0.15) is 37.0 Å². The van der Waals surface area contributed by atoms with Gasteiger partial charge in [-0.05, 0) is 25.0 Å². The summed E-state index contributed by atoms with van der Waals surface area (Å²) in [5.41, 5.74) is -0.115. The van der Waals surface area contributed by atoms with E-state index in [-0.39, 0.29) is 18.0 Å². The number of amides is 1. The van der Waals surface area contributed by atoms with Crippen LogP contribution in [-0.4, -0.2) is 62.4 Å². The highest BCUT2D eigenvalue weighted by atomic mass is 32.1. The monoisotopic (exact) mass is 459 g/mol.